The predicted molar refractivity (Wildman–Crippen MR) is 116 cm³/mol. The van der Waals surface area contributed by atoms with Gasteiger partial charge in [0, 0.05) is 30.9 Å². The molecule has 1 fully saturated rings. The molecule has 13 heteroatoms. The minimum absolute atomic E-state index is 0.0320. The molecule has 8 nitrogen and oxygen atoms in total. The molecule has 0 amide bonds. The molecule has 176 valence electrons. The van der Waals surface area contributed by atoms with Crippen LogP contribution >= 0.6 is 23.2 Å². The molecule has 1 aromatic carbocycles. The molecule has 34 heavy (non-hydrogen) atoms. The lowest BCUT2D eigenvalue weighted by molar-refractivity contribution is -0.432. The van der Waals surface area contributed by atoms with E-state index < -0.39 is 33.8 Å². The Balaban J connectivity index is 1.93. The second-order valence-corrected chi connectivity index (χ2v) is 8.43. The van der Waals surface area contributed by atoms with Gasteiger partial charge in [0.25, 0.3) is 5.70 Å². The average Bonchev–Trinajstić information content (AvgIpc) is 3.18. The summed E-state index contributed by atoms with van der Waals surface area (Å²) >= 11 is 11.6. The van der Waals surface area contributed by atoms with Crippen molar-refractivity contribution in [1.82, 2.24) is 14.8 Å². The second-order valence-electron chi connectivity index (χ2n) is 7.60. The van der Waals surface area contributed by atoms with E-state index in [0.717, 1.165) is 6.07 Å². The van der Waals surface area contributed by atoms with E-state index in [4.69, 9.17) is 28.9 Å². The van der Waals surface area contributed by atoms with E-state index in [-0.39, 0.29) is 47.0 Å². The number of benzene rings is 1. The maximum absolute atomic E-state index is 13.9. The van der Waals surface area contributed by atoms with Gasteiger partial charge in [0.15, 0.2) is 5.82 Å². The molecule has 1 saturated heterocycles. The van der Waals surface area contributed by atoms with Crippen LogP contribution in [0.4, 0.5) is 13.2 Å². The van der Waals surface area contributed by atoms with Crippen LogP contribution in [0.3, 0.4) is 0 Å². The summed E-state index contributed by atoms with van der Waals surface area (Å²) in [5.41, 5.74) is 4.31. The van der Waals surface area contributed by atoms with E-state index in [1.807, 2.05) is 0 Å². The number of nitriles is 1. The normalized spacial score (nSPS) is 18.3. The number of aromatic nitrogens is 1. The SMILES string of the molecule is N#CC1=C(N)N2CCN(Cc3ccc(Cl)nc3)C2=C([N+](=O)[O-])C1c1ccc(Cl)cc1C(F)(F)F. The molecule has 1 aromatic heterocycles. The first-order valence-electron chi connectivity index (χ1n) is 9.80. The summed E-state index contributed by atoms with van der Waals surface area (Å²) in [6.45, 7) is 0.667. The van der Waals surface area contributed by atoms with Crippen molar-refractivity contribution in [2.45, 2.75) is 18.6 Å². The zero-order valence-corrected chi connectivity index (χ0v) is 18.7. The number of allylic oxidation sites excluding steroid dienone is 1. The van der Waals surface area contributed by atoms with Gasteiger partial charge in [0.05, 0.1) is 22.1 Å². The van der Waals surface area contributed by atoms with Gasteiger partial charge in [-0.2, -0.15) is 18.4 Å². The molecule has 0 aliphatic carbocycles. The molecular formula is C21H15Cl2F3N6O2. The fraction of sp³-hybridized carbons (Fsp3) is 0.238. The standard InChI is InChI=1S/C21H15Cl2F3N6O2/c22-12-2-3-13(15(7-12)21(24,25)26)17-14(8-27)19(28)31-6-5-30(20(31)18(17)32(33)34)10-11-1-4-16(23)29-9-11/h1-4,7,9,17H,5-6,10,28H2. The van der Waals surface area contributed by atoms with E-state index in [1.165, 1.54) is 17.2 Å². The van der Waals surface area contributed by atoms with Crippen LogP contribution in [-0.4, -0.2) is 32.8 Å². The van der Waals surface area contributed by atoms with Gasteiger partial charge in [-0.1, -0.05) is 35.3 Å². The third-order valence-electron chi connectivity index (χ3n) is 5.62. The molecule has 1 atom stereocenters. The summed E-state index contributed by atoms with van der Waals surface area (Å²) in [5, 5.41) is 22.2. The molecule has 2 aliphatic heterocycles. The van der Waals surface area contributed by atoms with Crippen molar-refractivity contribution >= 4 is 23.2 Å². The van der Waals surface area contributed by atoms with Crippen molar-refractivity contribution in [3.05, 3.63) is 96.4 Å². The highest BCUT2D eigenvalue weighted by molar-refractivity contribution is 6.30. The van der Waals surface area contributed by atoms with Crippen molar-refractivity contribution in [3.8, 4) is 6.07 Å². The third kappa shape index (κ3) is 4.10. The van der Waals surface area contributed by atoms with E-state index in [0.29, 0.717) is 11.6 Å². The smallest absolute Gasteiger partial charge is 0.384 e. The third-order valence-corrected chi connectivity index (χ3v) is 6.08. The van der Waals surface area contributed by atoms with E-state index in [1.54, 1.807) is 23.1 Å². The van der Waals surface area contributed by atoms with Gasteiger partial charge in [0.2, 0.25) is 0 Å². The number of pyridine rings is 1. The zero-order chi connectivity index (χ0) is 24.8. The van der Waals surface area contributed by atoms with Crippen LogP contribution in [0.25, 0.3) is 0 Å². The fourth-order valence-corrected chi connectivity index (χ4v) is 4.49. The summed E-state index contributed by atoms with van der Waals surface area (Å²) in [4.78, 5) is 18.5. The molecule has 0 radical (unpaired) electrons. The average molecular weight is 511 g/mol. The minimum Gasteiger partial charge on any atom is -0.384 e. The maximum Gasteiger partial charge on any atom is 0.416 e. The number of nitrogens with two attached hydrogens (primary N) is 1. The summed E-state index contributed by atoms with van der Waals surface area (Å²) in [5.74, 6) is -1.75. The summed E-state index contributed by atoms with van der Waals surface area (Å²) < 4.78 is 41.7. The van der Waals surface area contributed by atoms with Crippen LogP contribution in [0.5, 0.6) is 0 Å². The number of alkyl halides is 3. The van der Waals surface area contributed by atoms with E-state index in [2.05, 4.69) is 4.98 Å². The molecule has 4 rings (SSSR count). The van der Waals surface area contributed by atoms with Crippen molar-refractivity contribution in [1.29, 1.82) is 5.26 Å². The topological polar surface area (TPSA) is 112 Å². The lowest BCUT2D eigenvalue weighted by Crippen LogP contribution is -2.37. The van der Waals surface area contributed by atoms with Crippen LogP contribution in [0.2, 0.25) is 10.2 Å². The van der Waals surface area contributed by atoms with Crippen LogP contribution in [0.15, 0.2) is 59.4 Å². The zero-order valence-electron chi connectivity index (χ0n) is 17.2. The van der Waals surface area contributed by atoms with Gasteiger partial charge >= 0.3 is 6.18 Å². The lowest BCUT2D eigenvalue weighted by Gasteiger charge is -2.32. The monoisotopic (exact) mass is 510 g/mol. The van der Waals surface area contributed by atoms with Gasteiger partial charge < -0.3 is 15.5 Å². The van der Waals surface area contributed by atoms with Crippen molar-refractivity contribution in [2.75, 3.05) is 13.1 Å². The maximum atomic E-state index is 13.9. The molecular weight excluding hydrogens is 496 g/mol. The molecule has 0 bridgehead atoms. The van der Waals surface area contributed by atoms with Gasteiger partial charge in [-0.3, -0.25) is 10.1 Å². The Hall–Kier alpha value is -3.49. The Bertz CT molecular complexity index is 1270. The summed E-state index contributed by atoms with van der Waals surface area (Å²) in [7, 11) is 0. The Morgan fingerprint density at radius 1 is 1.26 bits per heavy atom. The van der Waals surface area contributed by atoms with E-state index >= 15 is 0 Å². The lowest BCUT2D eigenvalue weighted by atomic mass is 9.83. The molecule has 0 spiro atoms. The van der Waals surface area contributed by atoms with Crippen LogP contribution in [-0.2, 0) is 12.7 Å². The molecule has 2 N–H and O–H groups in total. The minimum atomic E-state index is -4.87. The van der Waals surface area contributed by atoms with Crippen LogP contribution in [0.1, 0.15) is 22.6 Å². The molecule has 1 unspecified atom stereocenters. The number of hydrogen-bond donors (Lipinski definition) is 1. The first kappa shape index (κ1) is 23.7. The number of rotatable bonds is 4. The Labute approximate surface area is 201 Å². The van der Waals surface area contributed by atoms with Crippen molar-refractivity contribution in [2.24, 2.45) is 5.73 Å². The predicted octanol–water partition coefficient (Wildman–Crippen LogP) is 4.46. The number of nitro groups is 1. The summed E-state index contributed by atoms with van der Waals surface area (Å²) in [6.07, 6.45) is -3.37. The van der Waals surface area contributed by atoms with Gasteiger partial charge in [-0.25, -0.2) is 4.98 Å². The number of hydrogen-bond acceptors (Lipinski definition) is 7. The summed E-state index contributed by atoms with van der Waals surface area (Å²) in [6, 6.07) is 7.96. The van der Waals surface area contributed by atoms with Gasteiger partial charge in [-0.05, 0) is 29.3 Å². The Morgan fingerprint density at radius 2 is 2.00 bits per heavy atom. The number of fused-ring (bicyclic) bond motifs is 1. The van der Waals surface area contributed by atoms with Gasteiger partial charge in [-0.15, -0.1) is 0 Å². The highest BCUT2D eigenvalue weighted by Gasteiger charge is 2.49. The highest BCUT2D eigenvalue weighted by atomic mass is 35.5. The Morgan fingerprint density at radius 3 is 2.59 bits per heavy atom. The first-order valence-corrected chi connectivity index (χ1v) is 10.6. The van der Waals surface area contributed by atoms with E-state index in [9.17, 15) is 28.5 Å². The molecule has 2 aromatic rings. The highest BCUT2D eigenvalue weighted by Crippen LogP contribution is 2.47. The first-order chi connectivity index (χ1) is 16.0. The molecule has 2 aliphatic rings. The number of nitrogens with zero attached hydrogens (tertiary/aromatic N) is 5. The fourth-order valence-electron chi connectivity index (χ4n) is 4.21. The van der Waals surface area contributed by atoms with Crippen LogP contribution < -0.4 is 5.73 Å². The van der Waals surface area contributed by atoms with Crippen LogP contribution in [0, 0.1) is 21.4 Å². The molecule has 3 heterocycles. The van der Waals surface area contributed by atoms with Gasteiger partial charge in [0.1, 0.15) is 16.9 Å². The largest absolute Gasteiger partial charge is 0.416 e. The second kappa shape index (κ2) is 8.70. The quantitative estimate of drug-likeness (QED) is 0.367. The number of halogens is 5. The van der Waals surface area contributed by atoms with Crippen molar-refractivity contribution < 1.29 is 18.1 Å². The Kier molecular flexibility index (Phi) is 6.05. The molecule has 0 saturated carbocycles. The van der Waals surface area contributed by atoms with Crippen molar-refractivity contribution in [3.63, 3.8) is 0 Å².